The number of benzene rings is 3. The topological polar surface area (TPSA) is 64.4 Å². The summed E-state index contributed by atoms with van der Waals surface area (Å²) in [5.74, 6) is 0.430. The van der Waals surface area contributed by atoms with Gasteiger partial charge in [-0.05, 0) is 43.2 Å². The molecule has 5 nitrogen and oxygen atoms in total. The lowest BCUT2D eigenvalue weighted by molar-refractivity contribution is -0.111. The van der Waals surface area contributed by atoms with Crippen molar-refractivity contribution in [2.75, 3.05) is 12.4 Å². The lowest BCUT2D eigenvalue weighted by atomic mass is 9.99. The lowest BCUT2D eigenvalue weighted by Crippen LogP contribution is -2.09. The summed E-state index contributed by atoms with van der Waals surface area (Å²) in [6.45, 7) is 3.82. The summed E-state index contributed by atoms with van der Waals surface area (Å²) < 4.78 is 11.4. The first-order valence-corrected chi connectivity index (χ1v) is 11.0. The van der Waals surface area contributed by atoms with Crippen molar-refractivity contribution in [3.8, 4) is 16.9 Å². The second-order valence-corrected chi connectivity index (χ2v) is 8.21. The molecule has 0 aliphatic rings. The average Bonchev–Trinajstić information content (AvgIpc) is 3.26. The Morgan fingerprint density at radius 3 is 2.56 bits per heavy atom. The molecule has 5 rings (SSSR count). The number of hydrogen-bond donors (Lipinski definition) is 1. The van der Waals surface area contributed by atoms with E-state index in [0.29, 0.717) is 5.75 Å². The molecule has 0 unspecified atom stereocenters. The number of methoxy groups -OCH3 is 1. The van der Waals surface area contributed by atoms with Gasteiger partial charge in [-0.1, -0.05) is 48.5 Å². The summed E-state index contributed by atoms with van der Waals surface area (Å²) >= 11 is 0. The summed E-state index contributed by atoms with van der Waals surface area (Å²) in [5, 5.41) is 4.88. The van der Waals surface area contributed by atoms with Crippen molar-refractivity contribution in [1.82, 2.24) is 4.98 Å². The minimum absolute atomic E-state index is 0.217. The van der Waals surface area contributed by atoms with Crippen LogP contribution in [0, 0.1) is 6.92 Å². The molecule has 1 N–H and O–H groups in total. The van der Waals surface area contributed by atoms with E-state index in [0.717, 1.165) is 55.5 Å². The molecule has 2 heterocycles. The quantitative estimate of drug-likeness (QED) is 0.294. The smallest absolute Gasteiger partial charge is 0.248 e. The number of para-hydroxylation sites is 1. The molecule has 0 aliphatic carbocycles. The second-order valence-electron chi connectivity index (χ2n) is 8.21. The van der Waals surface area contributed by atoms with Crippen LogP contribution in [-0.2, 0) is 4.79 Å². The molecule has 0 radical (unpaired) electrons. The van der Waals surface area contributed by atoms with Crippen molar-refractivity contribution < 1.29 is 13.9 Å². The number of ether oxygens (including phenoxy) is 1. The largest absolute Gasteiger partial charge is 0.496 e. The van der Waals surface area contributed by atoms with Crippen LogP contribution in [0.15, 0.2) is 89.6 Å². The minimum atomic E-state index is -0.217. The van der Waals surface area contributed by atoms with Crippen LogP contribution in [0.2, 0.25) is 0 Å². The third-order valence-corrected chi connectivity index (χ3v) is 5.85. The SMILES string of the molecule is COc1cc2occ(-c3ccccc3)c2cc1/C(C)=C/C(=O)Nc1cc(C)nc2ccccc12. The fourth-order valence-corrected chi connectivity index (χ4v) is 4.23. The van der Waals surface area contributed by atoms with E-state index in [1.807, 2.05) is 86.6 Å². The van der Waals surface area contributed by atoms with Gasteiger partial charge in [0, 0.05) is 39.7 Å². The summed E-state index contributed by atoms with van der Waals surface area (Å²) in [6.07, 6.45) is 3.35. The highest BCUT2D eigenvalue weighted by Gasteiger charge is 2.15. The van der Waals surface area contributed by atoms with Crippen molar-refractivity contribution in [2.45, 2.75) is 13.8 Å². The molecule has 2 aromatic heterocycles. The molecule has 0 saturated carbocycles. The van der Waals surface area contributed by atoms with Crippen molar-refractivity contribution in [2.24, 2.45) is 0 Å². The predicted molar refractivity (Wildman–Crippen MR) is 137 cm³/mol. The molecule has 1 amide bonds. The zero-order chi connectivity index (χ0) is 23.7. The highest BCUT2D eigenvalue weighted by atomic mass is 16.5. The maximum absolute atomic E-state index is 13.0. The number of carbonyl (C=O) groups excluding carboxylic acids is 1. The number of carbonyl (C=O) groups is 1. The maximum atomic E-state index is 13.0. The van der Waals surface area contributed by atoms with E-state index in [4.69, 9.17) is 9.15 Å². The van der Waals surface area contributed by atoms with Gasteiger partial charge in [-0.15, -0.1) is 0 Å². The number of rotatable bonds is 5. The molecule has 0 atom stereocenters. The highest BCUT2D eigenvalue weighted by Crippen LogP contribution is 2.37. The summed E-state index contributed by atoms with van der Waals surface area (Å²) in [7, 11) is 1.62. The van der Waals surface area contributed by atoms with E-state index in [-0.39, 0.29) is 5.91 Å². The molecule has 0 aliphatic heterocycles. The predicted octanol–water partition coefficient (Wildman–Crippen LogP) is 7.01. The molecule has 0 bridgehead atoms. The molecular weight excluding hydrogens is 424 g/mol. The van der Waals surface area contributed by atoms with E-state index < -0.39 is 0 Å². The van der Waals surface area contributed by atoms with Crippen LogP contribution < -0.4 is 10.1 Å². The fourth-order valence-electron chi connectivity index (χ4n) is 4.23. The average molecular weight is 449 g/mol. The van der Waals surface area contributed by atoms with E-state index in [1.165, 1.54) is 0 Å². The van der Waals surface area contributed by atoms with E-state index in [2.05, 4.69) is 10.3 Å². The van der Waals surface area contributed by atoms with E-state index in [1.54, 1.807) is 19.4 Å². The van der Waals surface area contributed by atoms with E-state index in [9.17, 15) is 4.79 Å². The number of fused-ring (bicyclic) bond motifs is 2. The summed E-state index contributed by atoms with van der Waals surface area (Å²) in [5.41, 5.74) is 6.84. The number of amides is 1. The number of aromatic nitrogens is 1. The van der Waals surface area contributed by atoms with Crippen LogP contribution in [0.3, 0.4) is 0 Å². The van der Waals surface area contributed by atoms with Crippen LogP contribution >= 0.6 is 0 Å². The Kier molecular flexibility index (Phi) is 5.60. The van der Waals surface area contributed by atoms with Gasteiger partial charge in [0.15, 0.2) is 0 Å². The molecule has 0 saturated heterocycles. The van der Waals surface area contributed by atoms with Gasteiger partial charge in [0.25, 0.3) is 0 Å². The Balaban J connectivity index is 1.52. The Labute approximate surface area is 197 Å². The molecular formula is C29H24N2O3. The first-order chi connectivity index (χ1) is 16.5. The van der Waals surface area contributed by atoms with Gasteiger partial charge in [0.2, 0.25) is 5.91 Å². The van der Waals surface area contributed by atoms with Crippen LogP contribution in [0.5, 0.6) is 5.75 Å². The Morgan fingerprint density at radius 1 is 1.00 bits per heavy atom. The van der Waals surface area contributed by atoms with Gasteiger partial charge >= 0.3 is 0 Å². The van der Waals surface area contributed by atoms with Crippen LogP contribution in [0.1, 0.15) is 18.2 Å². The van der Waals surface area contributed by atoms with Crippen molar-refractivity contribution in [3.05, 3.63) is 96.4 Å². The lowest BCUT2D eigenvalue weighted by Gasteiger charge is -2.11. The van der Waals surface area contributed by atoms with Gasteiger partial charge in [-0.3, -0.25) is 9.78 Å². The second kappa shape index (κ2) is 8.87. The third-order valence-electron chi connectivity index (χ3n) is 5.85. The fraction of sp³-hybridized carbons (Fsp3) is 0.103. The van der Waals surface area contributed by atoms with E-state index >= 15 is 0 Å². The number of furan rings is 1. The van der Waals surface area contributed by atoms with Crippen LogP contribution in [0.25, 0.3) is 38.6 Å². The monoisotopic (exact) mass is 448 g/mol. The molecule has 5 aromatic rings. The standard InChI is InChI=1S/C29H24N2O3/c1-18(13-29(32)31-26-14-19(2)30-25-12-8-7-11-21(25)26)22-15-23-24(20-9-5-4-6-10-20)17-34-28(23)16-27(22)33-3/h4-17H,1-3H3,(H,30,31,32)/b18-13+. The molecule has 0 fully saturated rings. The highest BCUT2D eigenvalue weighted by molar-refractivity contribution is 6.09. The number of hydrogen-bond acceptors (Lipinski definition) is 4. The first kappa shape index (κ1) is 21.5. The van der Waals surface area contributed by atoms with Gasteiger partial charge in [-0.2, -0.15) is 0 Å². The number of nitrogens with one attached hydrogen (secondary N) is 1. The summed E-state index contributed by atoms with van der Waals surface area (Å²) in [4.78, 5) is 17.5. The zero-order valence-corrected chi connectivity index (χ0v) is 19.3. The summed E-state index contributed by atoms with van der Waals surface area (Å²) in [6, 6.07) is 23.6. The van der Waals surface area contributed by atoms with Gasteiger partial charge in [-0.25, -0.2) is 0 Å². The number of anilines is 1. The number of nitrogens with zero attached hydrogens (tertiary/aromatic N) is 1. The molecule has 5 heteroatoms. The molecule has 168 valence electrons. The molecule has 0 spiro atoms. The van der Waals surface area contributed by atoms with Crippen molar-refractivity contribution >= 4 is 39.0 Å². The van der Waals surface area contributed by atoms with Crippen molar-refractivity contribution in [3.63, 3.8) is 0 Å². The Hall–Kier alpha value is -4.38. The maximum Gasteiger partial charge on any atom is 0.248 e. The Morgan fingerprint density at radius 2 is 1.76 bits per heavy atom. The minimum Gasteiger partial charge on any atom is -0.496 e. The first-order valence-electron chi connectivity index (χ1n) is 11.0. The van der Waals surface area contributed by atoms with Gasteiger partial charge in [0.05, 0.1) is 24.6 Å². The Bertz CT molecular complexity index is 1550. The zero-order valence-electron chi connectivity index (χ0n) is 19.3. The molecule has 34 heavy (non-hydrogen) atoms. The molecule has 3 aromatic carbocycles. The van der Waals surface area contributed by atoms with Crippen molar-refractivity contribution in [1.29, 1.82) is 0 Å². The normalized spacial score (nSPS) is 11.7. The number of allylic oxidation sites excluding steroid dienone is 1. The number of pyridine rings is 1. The van der Waals surface area contributed by atoms with Gasteiger partial charge in [0.1, 0.15) is 11.3 Å². The third kappa shape index (κ3) is 4.04. The van der Waals surface area contributed by atoms with Crippen LogP contribution in [0.4, 0.5) is 5.69 Å². The van der Waals surface area contributed by atoms with Gasteiger partial charge < -0.3 is 14.5 Å². The van der Waals surface area contributed by atoms with Crippen LogP contribution in [-0.4, -0.2) is 18.0 Å². The number of aryl methyl sites for hydroxylation is 1.